The van der Waals surface area contributed by atoms with Gasteiger partial charge in [-0.05, 0) is 23.2 Å². The normalized spacial score (nSPS) is 10.7. The maximum absolute atomic E-state index is 12.4. The maximum atomic E-state index is 12.4. The fourth-order valence-electron chi connectivity index (χ4n) is 1.64. The summed E-state index contributed by atoms with van der Waals surface area (Å²) in [5.41, 5.74) is -1.58. The third kappa shape index (κ3) is 13.3. The average Bonchev–Trinajstić information content (AvgIpc) is 2.62. The molecule has 0 fully saturated rings. The van der Waals surface area contributed by atoms with E-state index in [-0.39, 0.29) is 60.8 Å². The van der Waals surface area contributed by atoms with E-state index < -0.39 is 34.7 Å². The van der Waals surface area contributed by atoms with E-state index in [1.165, 1.54) is 0 Å². The summed E-state index contributed by atoms with van der Waals surface area (Å²) in [6.45, 7) is 0. The van der Waals surface area contributed by atoms with E-state index >= 15 is 0 Å². The Morgan fingerprint density at radius 1 is 0.567 bits per heavy atom. The Morgan fingerprint density at radius 2 is 0.767 bits per heavy atom. The number of hydrogen-bond acceptors (Lipinski definition) is 0. The van der Waals surface area contributed by atoms with Crippen molar-refractivity contribution in [3.63, 3.8) is 0 Å². The maximum Gasteiger partial charge on any atom is 0.348 e. The molecule has 0 saturated heterocycles. The monoisotopic (exact) mass is 783 g/mol. The van der Waals surface area contributed by atoms with Gasteiger partial charge in [0.25, 0.3) is 12.9 Å². The number of alkyl halides is 10. The molecule has 2 aromatic rings. The first kappa shape index (κ1) is 35.3. The predicted octanol–water partition coefficient (Wildman–Crippen LogP) is 9.20. The molecule has 0 unspecified atom stereocenters. The molecule has 0 heterocycles. The first-order valence-electron chi connectivity index (χ1n) is 6.87. The van der Waals surface area contributed by atoms with E-state index in [4.69, 9.17) is 0 Å². The number of halogens is 12. The molecule has 0 aromatic heterocycles. The van der Waals surface area contributed by atoms with Crippen LogP contribution in [0.4, 0.5) is 35.1 Å². The molecular weight excluding hydrogens is 775 g/mol. The second kappa shape index (κ2) is 16.3. The van der Waals surface area contributed by atoms with Gasteiger partial charge in [0.05, 0.1) is 0 Å². The molecule has 0 amide bonds. The van der Waals surface area contributed by atoms with Gasteiger partial charge in [-0.2, -0.15) is 17.6 Å². The molecule has 0 spiro atoms. The van der Waals surface area contributed by atoms with Crippen LogP contribution in [0.3, 0.4) is 0 Å². The third-order valence-corrected chi connectivity index (χ3v) is 3.42. The van der Waals surface area contributed by atoms with Crippen molar-refractivity contribution >= 4 is 44.9 Å². The summed E-state index contributed by atoms with van der Waals surface area (Å²) < 4.78 is 97.4. The molecule has 0 nitrogen and oxygen atoms in total. The zero-order chi connectivity index (χ0) is 22.1. The number of hydrogen-bond donors (Lipinski definition) is 0. The minimum Gasteiger partial charge on any atom is -0.205 e. The van der Waals surface area contributed by atoms with Gasteiger partial charge in [0.15, 0.2) is 0 Å². The van der Waals surface area contributed by atoms with E-state index in [0.717, 1.165) is 48.5 Å². The van der Waals surface area contributed by atoms with Crippen molar-refractivity contribution < 1.29 is 84.8 Å². The number of benzene rings is 2. The van der Waals surface area contributed by atoms with Crippen LogP contribution in [0.1, 0.15) is 35.1 Å². The standard InChI is InChI=1S/C8H4Cl2F4.C8H6F4.Cl2.U.V/c9-7(11,12)5-1-2-6(4-3-5)8(10,13)14;9-7(10)5-1-2-6(4-3-5)8(11)12;1-2;;/h1-4H;1-4,7-8H;;;. The fourth-order valence-corrected chi connectivity index (χ4v) is 1.89. The molecule has 0 aliphatic carbocycles. The van der Waals surface area contributed by atoms with Crippen LogP contribution in [0.15, 0.2) is 48.5 Å². The summed E-state index contributed by atoms with van der Waals surface area (Å²) in [6.07, 6.45) is -5.20. The quantitative estimate of drug-likeness (QED) is 0.215. The van der Waals surface area contributed by atoms with Gasteiger partial charge in [-0.3, -0.25) is 0 Å². The summed E-state index contributed by atoms with van der Waals surface area (Å²) >= 11 is 9.34. The second-order valence-electron chi connectivity index (χ2n) is 4.84. The van der Waals surface area contributed by atoms with Gasteiger partial charge in [0.1, 0.15) is 0 Å². The van der Waals surface area contributed by atoms with Crippen LogP contribution in [-0.2, 0) is 29.3 Å². The van der Waals surface area contributed by atoms with Crippen LogP contribution in [0.2, 0.25) is 0 Å². The van der Waals surface area contributed by atoms with Crippen molar-refractivity contribution in [1.29, 1.82) is 0 Å². The van der Waals surface area contributed by atoms with E-state index in [2.05, 4.69) is 44.9 Å². The molecule has 14 heteroatoms. The summed E-state index contributed by atoms with van der Waals surface area (Å²) in [5.74, 6) is 0. The summed E-state index contributed by atoms with van der Waals surface area (Å²) in [6, 6.07) is 7.24. The minimum absolute atomic E-state index is 0. The van der Waals surface area contributed by atoms with Gasteiger partial charge in [-0.15, -0.1) is 0 Å². The molecule has 0 aliphatic rings. The molecule has 0 bridgehead atoms. The Bertz CT molecular complexity index is 632. The molecule has 2 rings (SSSR count). The van der Waals surface area contributed by atoms with Crippen LogP contribution in [0.25, 0.3) is 0 Å². The Kier molecular flexibility index (Phi) is 19.2. The van der Waals surface area contributed by atoms with Crippen LogP contribution < -0.4 is 0 Å². The SMILES string of the molecule is ClCl.FC(F)(Cl)c1ccc(C(F)(F)Cl)cc1.FC(F)c1ccc(C(F)F)cc1.[U].[V]. The molecule has 30 heavy (non-hydrogen) atoms. The Morgan fingerprint density at radius 3 is 0.900 bits per heavy atom. The smallest absolute Gasteiger partial charge is 0.205 e. The van der Waals surface area contributed by atoms with Gasteiger partial charge in [-0.25, -0.2) is 17.6 Å². The van der Waals surface area contributed by atoms with Crippen molar-refractivity contribution in [1.82, 2.24) is 0 Å². The van der Waals surface area contributed by atoms with E-state index in [1.54, 1.807) is 0 Å². The van der Waals surface area contributed by atoms with E-state index in [1.807, 2.05) is 0 Å². The van der Waals surface area contributed by atoms with Crippen molar-refractivity contribution in [3.05, 3.63) is 70.8 Å². The first-order chi connectivity index (χ1) is 12.8. The largest absolute Gasteiger partial charge is 0.348 e. The Balaban J connectivity index is -0.000000426. The van der Waals surface area contributed by atoms with Crippen molar-refractivity contribution in [2.24, 2.45) is 0 Å². The van der Waals surface area contributed by atoms with Gasteiger partial charge < -0.3 is 0 Å². The molecule has 167 valence electrons. The van der Waals surface area contributed by atoms with Gasteiger partial charge in [0, 0.05) is 93.6 Å². The molecule has 0 N–H and O–H groups in total. The van der Waals surface area contributed by atoms with E-state index in [0.29, 0.717) is 0 Å². The molecule has 0 aliphatic heterocycles. The Labute approximate surface area is 222 Å². The van der Waals surface area contributed by atoms with Crippen LogP contribution >= 0.6 is 44.9 Å². The Hall–Kier alpha value is 0.676. The second-order valence-corrected chi connectivity index (χ2v) is 5.79. The van der Waals surface area contributed by atoms with Crippen molar-refractivity contribution in [2.75, 3.05) is 0 Å². The minimum atomic E-state index is -3.56. The third-order valence-electron chi connectivity index (χ3n) is 2.98. The van der Waals surface area contributed by atoms with Gasteiger partial charge in [0.2, 0.25) is 0 Å². The predicted molar refractivity (Wildman–Crippen MR) is 94.0 cm³/mol. The zero-order valence-electron chi connectivity index (χ0n) is 14.3. The first-order valence-corrected chi connectivity index (χ1v) is 8.77. The molecule has 0 saturated carbocycles. The molecular formula is C16H10Cl4F8UV. The topological polar surface area (TPSA) is 0 Å². The van der Waals surface area contributed by atoms with Crippen molar-refractivity contribution in [2.45, 2.75) is 23.6 Å². The van der Waals surface area contributed by atoms with Gasteiger partial charge >= 0.3 is 10.8 Å². The number of rotatable bonds is 4. The van der Waals surface area contributed by atoms with E-state index in [9.17, 15) is 35.1 Å². The molecule has 1 radical (unpaired) electrons. The van der Waals surface area contributed by atoms with Crippen LogP contribution in [0.5, 0.6) is 0 Å². The van der Waals surface area contributed by atoms with Crippen LogP contribution in [-0.4, -0.2) is 0 Å². The van der Waals surface area contributed by atoms with Crippen molar-refractivity contribution in [3.8, 4) is 0 Å². The summed E-state index contributed by atoms with van der Waals surface area (Å²) in [7, 11) is 8.22. The average molecular weight is 785 g/mol. The summed E-state index contributed by atoms with van der Waals surface area (Å²) in [5, 5.41) is -7.11. The van der Waals surface area contributed by atoms with Crippen LogP contribution in [0, 0.1) is 31.1 Å². The van der Waals surface area contributed by atoms with Gasteiger partial charge in [-0.1, -0.05) is 48.5 Å². The fraction of sp³-hybridized carbons (Fsp3) is 0.250. The molecule has 2 aromatic carbocycles. The molecule has 0 atom stereocenters. The summed E-state index contributed by atoms with van der Waals surface area (Å²) in [4.78, 5) is 0. The zero-order valence-corrected chi connectivity index (χ0v) is 22.8.